The molecule has 6 heteroatoms. The number of aromatic nitrogens is 4. The van der Waals surface area contributed by atoms with Crippen molar-refractivity contribution in [2.75, 3.05) is 18.6 Å². The molecule has 1 unspecified atom stereocenters. The Morgan fingerprint density at radius 3 is 2.83 bits per heavy atom. The van der Waals surface area contributed by atoms with Gasteiger partial charge in [-0.3, -0.25) is 0 Å². The van der Waals surface area contributed by atoms with Crippen molar-refractivity contribution < 1.29 is 5.11 Å². The third-order valence-corrected chi connectivity index (χ3v) is 4.79. The van der Waals surface area contributed by atoms with Crippen LogP contribution in [-0.2, 0) is 0 Å². The zero-order valence-electron chi connectivity index (χ0n) is 13.9. The maximum atomic E-state index is 9.70. The average Bonchev–Trinajstić information content (AvgIpc) is 3.24. The van der Waals surface area contributed by atoms with Crippen LogP contribution in [-0.4, -0.2) is 44.3 Å². The van der Waals surface area contributed by atoms with Crippen molar-refractivity contribution >= 4 is 17.0 Å². The third-order valence-electron chi connectivity index (χ3n) is 4.79. The molecule has 1 atom stereocenters. The number of allylic oxidation sites excluding steroid dienone is 2. The van der Waals surface area contributed by atoms with E-state index >= 15 is 0 Å². The smallest absolute Gasteiger partial charge is 0.165 e. The highest BCUT2D eigenvalue weighted by molar-refractivity contribution is 5.83. The molecular weight excluding hydrogens is 290 g/mol. The van der Waals surface area contributed by atoms with Crippen molar-refractivity contribution in [1.29, 1.82) is 0 Å². The SMILES string of the molecule is C/C=C/CC(CO)n1cnc2c(N(C)C3CCCC3)ncnc21. The standard InChI is InChI=1S/C17H25N5O/c1-3-4-7-14(10-23)22-12-20-15-16(18-11-19-17(15)22)21(2)13-8-5-6-9-13/h3-4,11-14,23H,5-10H2,1-2H3/b4-3+. The van der Waals surface area contributed by atoms with Crippen molar-refractivity contribution in [1.82, 2.24) is 19.5 Å². The van der Waals surface area contributed by atoms with E-state index in [1.807, 2.05) is 17.6 Å². The molecule has 2 aromatic heterocycles. The first-order valence-electron chi connectivity index (χ1n) is 8.38. The van der Waals surface area contributed by atoms with E-state index in [2.05, 4.69) is 33.0 Å². The van der Waals surface area contributed by atoms with Crippen molar-refractivity contribution in [3.05, 3.63) is 24.8 Å². The lowest BCUT2D eigenvalue weighted by molar-refractivity contribution is 0.231. The van der Waals surface area contributed by atoms with Crippen LogP contribution in [0.5, 0.6) is 0 Å². The van der Waals surface area contributed by atoms with Crippen molar-refractivity contribution in [2.24, 2.45) is 0 Å². The van der Waals surface area contributed by atoms with Crippen LogP contribution < -0.4 is 4.90 Å². The fraction of sp³-hybridized carbons (Fsp3) is 0.588. The number of aliphatic hydroxyl groups is 1. The Morgan fingerprint density at radius 1 is 1.35 bits per heavy atom. The van der Waals surface area contributed by atoms with Gasteiger partial charge in [-0.05, 0) is 26.2 Å². The molecule has 3 rings (SSSR count). The van der Waals surface area contributed by atoms with E-state index in [1.54, 1.807) is 12.7 Å². The number of aliphatic hydroxyl groups excluding tert-OH is 1. The highest BCUT2D eigenvalue weighted by atomic mass is 16.3. The Kier molecular flexibility index (Phi) is 4.91. The summed E-state index contributed by atoms with van der Waals surface area (Å²) in [5.74, 6) is 0.892. The zero-order chi connectivity index (χ0) is 16.2. The predicted molar refractivity (Wildman–Crippen MR) is 91.5 cm³/mol. The summed E-state index contributed by atoms with van der Waals surface area (Å²) in [6.07, 6.45) is 13.2. The van der Waals surface area contributed by atoms with E-state index in [4.69, 9.17) is 0 Å². The van der Waals surface area contributed by atoms with Crippen LogP contribution in [0.2, 0.25) is 0 Å². The molecule has 0 amide bonds. The van der Waals surface area contributed by atoms with E-state index in [9.17, 15) is 5.11 Å². The number of fused-ring (bicyclic) bond motifs is 1. The molecule has 1 fully saturated rings. The molecule has 2 aromatic rings. The van der Waals surface area contributed by atoms with Crippen molar-refractivity contribution in [3.8, 4) is 0 Å². The highest BCUT2D eigenvalue weighted by Crippen LogP contribution is 2.30. The van der Waals surface area contributed by atoms with Gasteiger partial charge in [0.05, 0.1) is 19.0 Å². The quantitative estimate of drug-likeness (QED) is 0.830. The van der Waals surface area contributed by atoms with Crippen LogP contribution in [0.1, 0.15) is 45.1 Å². The normalized spacial score (nSPS) is 17.3. The van der Waals surface area contributed by atoms with Gasteiger partial charge in [0.15, 0.2) is 17.0 Å². The summed E-state index contributed by atoms with van der Waals surface area (Å²) < 4.78 is 1.96. The Balaban J connectivity index is 1.96. The summed E-state index contributed by atoms with van der Waals surface area (Å²) in [5.41, 5.74) is 1.62. The molecule has 0 saturated heterocycles. The minimum Gasteiger partial charge on any atom is -0.394 e. The molecule has 23 heavy (non-hydrogen) atoms. The van der Waals surface area contributed by atoms with Gasteiger partial charge in [-0.1, -0.05) is 25.0 Å². The van der Waals surface area contributed by atoms with Gasteiger partial charge in [0.25, 0.3) is 0 Å². The summed E-state index contributed by atoms with van der Waals surface area (Å²) in [7, 11) is 2.10. The number of nitrogens with zero attached hydrogens (tertiary/aromatic N) is 5. The van der Waals surface area contributed by atoms with Crippen molar-refractivity contribution in [3.63, 3.8) is 0 Å². The Labute approximate surface area is 136 Å². The van der Waals surface area contributed by atoms with Crippen LogP contribution in [0.4, 0.5) is 5.82 Å². The van der Waals surface area contributed by atoms with Crippen LogP contribution in [0.3, 0.4) is 0 Å². The number of anilines is 1. The van der Waals surface area contributed by atoms with E-state index in [-0.39, 0.29) is 12.6 Å². The van der Waals surface area contributed by atoms with Gasteiger partial charge in [-0.15, -0.1) is 0 Å². The van der Waals surface area contributed by atoms with E-state index < -0.39 is 0 Å². The monoisotopic (exact) mass is 315 g/mol. The van der Waals surface area contributed by atoms with Gasteiger partial charge in [0, 0.05) is 13.1 Å². The number of imidazole rings is 1. The molecule has 0 bridgehead atoms. The molecule has 1 aliphatic carbocycles. The van der Waals surface area contributed by atoms with Crippen LogP contribution in [0.15, 0.2) is 24.8 Å². The highest BCUT2D eigenvalue weighted by Gasteiger charge is 2.24. The molecule has 2 heterocycles. The van der Waals surface area contributed by atoms with E-state index in [0.717, 1.165) is 23.4 Å². The first-order valence-corrected chi connectivity index (χ1v) is 8.38. The minimum atomic E-state index is -0.0456. The number of rotatable bonds is 6. The molecule has 1 aliphatic rings. The Hall–Kier alpha value is -1.95. The first kappa shape index (κ1) is 15.9. The minimum absolute atomic E-state index is 0.0456. The van der Waals surface area contributed by atoms with Crippen LogP contribution in [0, 0.1) is 0 Å². The molecule has 6 nitrogen and oxygen atoms in total. The fourth-order valence-corrected chi connectivity index (χ4v) is 3.40. The molecule has 124 valence electrons. The molecule has 0 radical (unpaired) electrons. The van der Waals surface area contributed by atoms with Crippen LogP contribution in [0.25, 0.3) is 11.2 Å². The van der Waals surface area contributed by atoms with Gasteiger partial charge in [0.1, 0.15) is 6.33 Å². The maximum absolute atomic E-state index is 9.70. The molecular formula is C17H25N5O. The summed E-state index contributed by atoms with van der Waals surface area (Å²) in [5, 5.41) is 9.70. The van der Waals surface area contributed by atoms with Gasteiger partial charge in [-0.25, -0.2) is 15.0 Å². The lowest BCUT2D eigenvalue weighted by Crippen LogP contribution is -2.29. The second-order valence-electron chi connectivity index (χ2n) is 6.21. The Morgan fingerprint density at radius 2 is 2.13 bits per heavy atom. The van der Waals surface area contributed by atoms with E-state index in [0.29, 0.717) is 6.04 Å². The average molecular weight is 315 g/mol. The summed E-state index contributed by atoms with van der Waals surface area (Å²) in [4.78, 5) is 15.7. The van der Waals surface area contributed by atoms with Gasteiger partial charge < -0.3 is 14.6 Å². The first-order chi connectivity index (χ1) is 11.3. The van der Waals surface area contributed by atoms with Crippen LogP contribution >= 0.6 is 0 Å². The van der Waals surface area contributed by atoms with Gasteiger partial charge in [0.2, 0.25) is 0 Å². The molecule has 0 aliphatic heterocycles. The summed E-state index contributed by atoms with van der Waals surface area (Å²) in [6.45, 7) is 2.05. The largest absolute Gasteiger partial charge is 0.394 e. The molecule has 1 N–H and O–H groups in total. The lowest BCUT2D eigenvalue weighted by atomic mass is 10.2. The zero-order valence-corrected chi connectivity index (χ0v) is 13.9. The summed E-state index contributed by atoms with van der Waals surface area (Å²) in [6, 6.07) is 0.491. The summed E-state index contributed by atoms with van der Waals surface area (Å²) >= 11 is 0. The predicted octanol–water partition coefficient (Wildman–Crippen LogP) is 2.70. The molecule has 0 aromatic carbocycles. The van der Waals surface area contributed by atoms with Gasteiger partial charge >= 0.3 is 0 Å². The lowest BCUT2D eigenvalue weighted by Gasteiger charge is -2.25. The fourth-order valence-electron chi connectivity index (χ4n) is 3.40. The second-order valence-corrected chi connectivity index (χ2v) is 6.21. The Bertz CT molecular complexity index is 675. The third kappa shape index (κ3) is 3.08. The maximum Gasteiger partial charge on any atom is 0.165 e. The van der Waals surface area contributed by atoms with E-state index in [1.165, 1.54) is 25.7 Å². The second kappa shape index (κ2) is 7.08. The van der Waals surface area contributed by atoms with Crippen molar-refractivity contribution in [2.45, 2.75) is 51.1 Å². The number of hydrogen-bond donors (Lipinski definition) is 1. The topological polar surface area (TPSA) is 67.1 Å². The number of hydrogen-bond acceptors (Lipinski definition) is 5. The van der Waals surface area contributed by atoms with Gasteiger partial charge in [-0.2, -0.15) is 0 Å². The molecule has 0 spiro atoms. The molecule has 1 saturated carbocycles.